The molecule has 2 aromatic carbocycles. The fourth-order valence-corrected chi connectivity index (χ4v) is 2.93. The minimum absolute atomic E-state index is 0.203. The van der Waals surface area contributed by atoms with Crippen LogP contribution in [0.5, 0.6) is 11.5 Å². The van der Waals surface area contributed by atoms with Crippen molar-refractivity contribution in [2.75, 3.05) is 24.9 Å². The zero-order valence-corrected chi connectivity index (χ0v) is 16.9. The number of carbonyl (C=O) groups excluding carboxylic acids is 1. The molecule has 0 spiro atoms. The van der Waals surface area contributed by atoms with Crippen molar-refractivity contribution in [3.05, 3.63) is 65.6 Å². The summed E-state index contributed by atoms with van der Waals surface area (Å²) in [7, 11) is 3.10. The van der Waals surface area contributed by atoms with Crippen molar-refractivity contribution in [2.24, 2.45) is 0 Å². The summed E-state index contributed by atoms with van der Waals surface area (Å²) in [4.78, 5) is 21.1. The van der Waals surface area contributed by atoms with Gasteiger partial charge in [0.1, 0.15) is 23.0 Å². The SMILES string of the molecule is CCc1cccc(C)c1Nc1cnc(C(=O)Nc2ccc(OC)cc2OC)cn1. The average molecular weight is 392 g/mol. The van der Waals surface area contributed by atoms with Gasteiger partial charge < -0.3 is 20.1 Å². The molecule has 0 radical (unpaired) electrons. The molecule has 0 bridgehead atoms. The van der Waals surface area contributed by atoms with E-state index in [2.05, 4.69) is 33.6 Å². The molecule has 0 aliphatic rings. The highest BCUT2D eigenvalue weighted by Gasteiger charge is 2.13. The predicted octanol–water partition coefficient (Wildman–Crippen LogP) is 4.36. The fraction of sp³-hybridized carbons (Fsp3) is 0.227. The molecule has 2 N–H and O–H groups in total. The smallest absolute Gasteiger partial charge is 0.275 e. The Morgan fingerprint density at radius 2 is 1.90 bits per heavy atom. The Labute approximate surface area is 170 Å². The maximum Gasteiger partial charge on any atom is 0.275 e. The topological polar surface area (TPSA) is 85.4 Å². The predicted molar refractivity (Wildman–Crippen MR) is 113 cm³/mol. The van der Waals surface area contributed by atoms with E-state index in [1.807, 2.05) is 19.1 Å². The summed E-state index contributed by atoms with van der Waals surface area (Å²) in [5.74, 6) is 1.33. The minimum Gasteiger partial charge on any atom is -0.497 e. The van der Waals surface area contributed by atoms with Crippen LogP contribution in [-0.2, 0) is 6.42 Å². The number of carbonyl (C=O) groups is 1. The molecule has 0 saturated heterocycles. The largest absolute Gasteiger partial charge is 0.497 e. The number of aromatic nitrogens is 2. The first-order valence-corrected chi connectivity index (χ1v) is 9.26. The molecule has 1 aromatic heterocycles. The van der Waals surface area contributed by atoms with E-state index in [9.17, 15) is 4.79 Å². The molecule has 0 unspecified atom stereocenters. The highest BCUT2D eigenvalue weighted by Crippen LogP contribution is 2.29. The third kappa shape index (κ3) is 4.63. The fourth-order valence-electron chi connectivity index (χ4n) is 2.93. The first-order valence-electron chi connectivity index (χ1n) is 9.26. The van der Waals surface area contributed by atoms with Crippen LogP contribution >= 0.6 is 0 Å². The lowest BCUT2D eigenvalue weighted by molar-refractivity contribution is 0.102. The number of benzene rings is 2. The highest BCUT2D eigenvalue weighted by molar-refractivity contribution is 6.03. The molecule has 7 nitrogen and oxygen atoms in total. The quantitative estimate of drug-likeness (QED) is 0.621. The van der Waals surface area contributed by atoms with Crippen LogP contribution < -0.4 is 20.1 Å². The van der Waals surface area contributed by atoms with E-state index < -0.39 is 0 Å². The highest BCUT2D eigenvalue weighted by atomic mass is 16.5. The zero-order valence-electron chi connectivity index (χ0n) is 16.9. The molecule has 7 heteroatoms. The summed E-state index contributed by atoms with van der Waals surface area (Å²) in [6.45, 7) is 4.14. The van der Waals surface area contributed by atoms with Crippen LogP contribution in [0.2, 0.25) is 0 Å². The maximum absolute atomic E-state index is 12.5. The number of hydrogen-bond donors (Lipinski definition) is 2. The van der Waals surface area contributed by atoms with E-state index in [0.29, 0.717) is 23.0 Å². The number of anilines is 3. The van der Waals surface area contributed by atoms with Crippen LogP contribution in [0, 0.1) is 6.92 Å². The normalized spacial score (nSPS) is 10.3. The molecule has 0 saturated carbocycles. The molecular formula is C22H24N4O3. The second-order valence-corrected chi connectivity index (χ2v) is 6.39. The van der Waals surface area contributed by atoms with Gasteiger partial charge >= 0.3 is 0 Å². The van der Waals surface area contributed by atoms with E-state index in [1.54, 1.807) is 31.5 Å². The number of rotatable bonds is 7. The van der Waals surface area contributed by atoms with Gasteiger partial charge in [0.2, 0.25) is 0 Å². The van der Waals surface area contributed by atoms with Gasteiger partial charge in [-0.3, -0.25) is 4.79 Å². The van der Waals surface area contributed by atoms with Crippen LogP contribution in [0.1, 0.15) is 28.5 Å². The Bertz CT molecular complexity index is 1000. The lowest BCUT2D eigenvalue weighted by Crippen LogP contribution is -2.15. The summed E-state index contributed by atoms with van der Waals surface area (Å²) in [6, 6.07) is 11.3. The van der Waals surface area contributed by atoms with E-state index in [0.717, 1.165) is 17.7 Å². The van der Waals surface area contributed by atoms with Gasteiger partial charge in [-0.25, -0.2) is 9.97 Å². The molecule has 1 amide bonds. The second kappa shape index (κ2) is 9.05. The molecule has 3 rings (SSSR count). The minimum atomic E-state index is -0.377. The van der Waals surface area contributed by atoms with Gasteiger partial charge in [0.15, 0.2) is 0 Å². The Kier molecular flexibility index (Phi) is 6.29. The van der Waals surface area contributed by atoms with Crippen LogP contribution in [0.25, 0.3) is 0 Å². The third-order valence-electron chi connectivity index (χ3n) is 4.53. The number of nitrogens with zero attached hydrogens (tertiary/aromatic N) is 2. The van der Waals surface area contributed by atoms with Gasteiger partial charge in [0, 0.05) is 11.8 Å². The number of aryl methyl sites for hydroxylation is 2. The Balaban J connectivity index is 1.75. The third-order valence-corrected chi connectivity index (χ3v) is 4.53. The van der Waals surface area contributed by atoms with Gasteiger partial charge in [-0.05, 0) is 36.6 Å². The van der Waals surface area contributed by atoms with Crippen LogP contribution in [0.3, 0.4) is 0 Å². The molecule has 0 aliphatic heterocycles. The molecule has 0 fully saturated rings. The lowest BCUT2D eigenvalue weighted by Gasteiger charge is -2.13. The van der Waals surface area contributed by atoms with Crippen LogP contribution in [0.4, 0.5) is 17.2 Å². The molecule has 3 aromatic rings. The van der Waals surface area contributed by atoms with Crippen molar-refractivity contribution in [1.29, 1.82) is 0 Å². The Hall–Kier alpha value is -3.61. The van der Waals surface area contributed by atoms with Crippen molar-refractivity contribution in [3.63, 3.8) is 0 Å². The number of amides is 1. The second-order valence-electron chi connectivity index (χ2n) is 6.39. The first-order chi connectivity index (χ1) is 14.0. The van der Waals surface area contributed by atoms with Crippen molar-refractivity contribution in [2.45, 2.75) is 20.3 Å². The maximum atomic E-state index is 12.5. The van der Waals surface area contributed by atoms with Crippen molar-refractivity contribution < 1.29 is 14.3 Å². The summed E-state index contributed by atoms with van der Waals surface area (Å²) in [6.07, 6.45) is 3.89. The van der Waals surface area contributed by atoms with Gasteiger partial charge in [0.05, 0.1) is 32.3 Å². The van der Waals surface area contributed by atoms with E-state index >= 15 is 0 Å². The summed E-state index contributed by atoms with van der Waals surface area (Å²) in [5.41, 5.74) is 4.06. The standard InChI is InChI=1S/C22H24N4O3/c1-5-15-8-6-7-14(2)21(15)26-20-13-23-18(12-24-20)22(27)25-17-10-9-16(28-3)11-19(17)29-4/h6-13H,5H2,1-4H3,(H,24,26)(H,25,27). The molecule has 0 aliphatic carbocycles. The Morgan fingerprint density at radius 3 is 2.55 bits per heavy atom. The van der Waals surface area contributed by atoms with Crippen LogP contribution in [0.15, 0.2) is 48.8 Å². The zero-order chi connectivity index (χ0) is 20.8. The molecule has 150 valence electrons. The van der Waals surface area contributed by atoms with Crippen molar-refractivity contribution >= 4 is 23.1 Å². The molecular weight excluding hydrogens is 368 g/mol. The number of nitrogens with one attached hydrogen (secondary N) is 2. The van der Waals surface area contributed by atoms with E-state index in [1.165, 1.54) is 18.9 Å². The summed E-state index contributed by atoms with van der Waals surface area (Å²) in [5, 5.41) is 6.08. The van der Waals surface area contributed by atoms with E-state index in [4.69, 9.17) is 9.47 Å². The van der Waals surface area contributed by atoms with Gasteiger partial charge in [-0.2, -0.15) is 0 Å². The van der Waals surface area contributed by atoms with Gasteiger partial charge in [-0.15, -0.1) is 0 Å². The lowest BCUT2D eigenvalue weighted by atomic mass is 10.1. The van der Waals surface area contributed by atoms with E-state index in [-0.39, 0.29) is 11.6 Å². The molecule has 0 atom stereocenters. The molecule has 1 heterocycles. The van der Waals surface area contributed by atoms with Crippen molar-refractivity contribution in [1.82, 2.24) is 9.97 Å². The van der Waals surface area contributed by atoms with Crippen molar-refractivity contribution in [3.8, 4) is 11.5 Å². The number of ether oxygens (including phenoxy) is 2. The van der Waals surface area contributed by atoms with Crippen LogP contribution in [-0.4, -0.2) is 30.1 Å². The Morgan fingerprint density at radius 1 is 1.07 bits per heavy atom. The van der Waals surface area contributed by atoms with Gasteiger partial charge in [0.25, 0.3) is 5.91 Å². The monoisotopic (exact) mass is 392 g/mol. The summed E-state index contributed by atoms with van der Waals surface area (Å²) >= 11 is 0. The number of para-hydroxylation sites is 1. The number of methoxy groups -OCH3 is 2. The number of hydrogen-bond acceptors (Lipinski definition) is 6. The molecule has 29 heavy (non-hydrogen) atoms. The van der Waals surface area contributed by atoms with Gasteiger partial charge in [-0.1, -0.05) is 25.1 Å². The average Bonchev–Trinajstić information content (AvgIpc) is 2.75. The summed E-state index contributed by atoms with van der Waals surface area (Å²) < 4.78 is 10.5. The first kappa shape index (κ1) is 20.1.